The SMILES string of the molecule is CN1CC(O)c2cc(N=NC(N)=O)c(O)cc21.[H-].[Na+]. The van der Waals surface area contributed by atoms with Gasteiger partial charge < -0.3 is 22.3 Å². The molecule has 8 heteroatoms. The number of hydrogen-bond donors (Lipinski definition) is 3. The number of aliphatic hydroxyl groups is 1. The van der Waals surface area contributed by atoms with Crippen LogP contribution in [0, 0.1) is 0 Å². The van der Waals surface area contributed by atoms with E-state index < -0.39 is 12.1 Å². The fourth-order valence-corrected chi connectivity index (χ4v) is 1.82. The first kappa shape index (κ1) is 14.9. The Hall–Kier alpha value is -1.15. The molecule has 0 aliphatic carbocycles. The number of benzene rings is 1. The quantitative estimate of drug-likeness (QED) is 0.406. The van der Waals surface area contributed by atoms with Crippen molar-refractivity contribution in [3.8, 4) is 5.75 Å². The molecule has 0 saturated heterocycles. The number of carbonyl (C=O) groups excluding carboxylic acids is 1. The fourth-order valence-electron chi connectivity index (χ4n) is 1.82. The molecule has 0 saturated carbocycles. The molecule has 1 aliphatic rings. The summed E-state index contributed by atoms with van der Waals surface area (Å²) in [6.07, 6.45) is -0.641. The molecular formula is C10H13N4NaO3. The normalized spacial score (nSPS) is 17.7. The second-order valence-corrected chi connectivity index (χ2v) is 3.83. The van der Waals surface area contributed by atoms with Crippen LogP contribution in [0.5, 0.6) is 5.75 Å². The van der Waals surface area contributed by atoms with E-state index in [4.69, 9.17) is 5.73 Å². The number of β-amino-alcohol motifs (C(OH)–C–C–N with tert-alkyl or cyclic N) is 1. The number of nitrogens with two attached hydrogens (primary N) is 1. The Kier molecular flexibility index (Phi) is 4.69. The number of anilines is 1. The minimum Gasteiger partial charge on any atom is -1.00 e. The molecule has 1 heterocycles. The molecule has 0 fully saturated rings. The number of azo groups is 1. The number of primary amides is 1. The summed E-state index contributed by atoms with van der Waals surface area (Å²) in [6, 6.07) is 2.02. The number of phenolic OH excluding ortho intramolecular Hbond substituents is 1. The molecular weight excluding hydrogens is 247 g/mol. The van der Waals surface area contributed by atoms with Crippen molar-refractivity contribution in [3.05, 3.63) is 17.7 Å². The van der Waals surface area contributed by atoms with Gasteiger partial charge in [-0.05, 0) is 6.07 Å². The standard InChI is InChI=1S/C10H12N4O3.Na.H/c1-14-4-9(16)5-2-6(12-13-10(11)17)8(15)3-7(5)14;;/h2-3,9,15-16H,4H2,1H3,(H2,11,17);;/q;+1;-1. The van der Waals surface area contributed by atoms with Crippen molar-refractivity contribution in [3.63, 3.8) is 0 Å². The zero-order valence-corrected chi connectivity index (χ0v) is 12.2. The van der Waals surface area contributed by atoms with Crippen molar-refractivity contribution in [1.82, 2.24) is 0 Å². The molecule has 0 bridgehead atoms. The summed E-state index contributed by atoms with van der Waals surface area (Å²) >= 11 is 0. The molecule has 0 spiro atoms. The average Bonchev–Trinajstić information content (AvgIpc) is 2.51. The van der Waals surface area contributed by atoms with E-state index in [1.807, 2.05) is 4.90 Å². The van der Waals surface area contributed by atoms with Crippen LogP contribution >= 0.6 is 0 Å². The maximum atomic E-state index is 10.5. The molecule has 1 atom stereocenters. The van der Waals surface area contributed by atoms with E-state index in [2.05, 4.69) is 10.2 Å². The first-order valence-electron chi connectivity index (χ1n) is 4.96. The number of likely N-dealkylation sites (N-methyl/N-ethyl adjacent to an activating group) is 1. The number of fused-ring (bicyclic) bond motifs is 1. The van der Waals surface area contributed by atoms with Crippen LogP contribution in [0.2, 0.25) is 0 Å². The number of nitrogens with zero attached hydrogens (tertiary/aromatic N) is 3. The maximum absolute atomic E-state index is 10.5. The van der Waals surface area contributed by atoms with Gasteiger partial charge in [-0.25, -0.2) is 4.79 Å². The molecule has 1 aromatic carbocycles. The number of aliphatic hydroxyl groups excluding tert-OH is 1. The van der Waals surface area contributed by atoms with Crippen LogP contribution in [0.3, 0.4) is 0 Å². The van der Waals surface area contributed by atoms with Gasteiger partial charge in [0, 0.05) is 30.9 Å². The Morgan fingerprint density at radius 2 is 2.28 bits per heavy atom. The Morgan fingerprint density at radius 1 is 1.61 bits per heavy atom. The largest absolute Gasteiger partial charge is 1.00 e. The second kappa shape index (κ2) is 5.66. The summed E-state index contributed by atoms with van der Waals surface area (Å²) in [6.45, 7) is 0.450. The minimum atomic E-state index is -0.942. The van der Waals surface area contributed by atoms with Gasteiger partial charge in [0.25, 0.3) is 0 Å². The third kappa shape index (κ3) is 2.81. The van der Waals surface area contributed by atoms with Crippen LogP contribution in [0.15, 0.2) is 22.4 Å². The smallest absolute Gasteiger partial charge is 1.00 e. The summed E-state index contributed by atoms with van der Waals surface area (Å²) in [5.41, 5.74) is 6.29. The van der Waals surface area contributed by atoms with E-state index in [1.54, 1.807) is 7.05 Å². The van der Waals surface area contributed by atoms with Crippen LogP contribution in [0.1, 0.15) is 13.1 Å². The number of amides is 2. The van der Waals surface area contributed by atoms with E-state index >= 15 is 0 Å². The molecule has 1 aromatic rings. The average molecular weight is 260 g/mol. The molecule has 18 heavy (non-hydrogen) atoms. The predicted octanol–water partition coefficient (Wildman–Crippen LogP) is -1.85. The number of phenols is 1. The summed E-state index contributed by atoms with van der Waals surface area (Å²) < 4.78 is 0. The minimum absolute atomic E-state index is 0. The Labute approximate surface area is 127 Å². The molecule has 0 aromatic heterocycles. The van der Waals surface area contributed by atoms with Crippen LogP contribution in [0.25, 0.3) is 0 Å². The summed E-state index contributed by atoms with van der Waals surface area (Å²) in [7, 11) is 1.80. The van der Waals surface area contributed by atoms with E-state index in [0.29, 0.717) is 12.1 Å². The van der Waals surface area contributed by atoms with Gasteiger partial charge in [0.05, 0.1) is 6.10 Å². The zero-order chi connectivity index (χ0) is 12.6. The summed E-state index contributed by atoms with van der Waals surface area (Å²) in [4.78, 5) is 12.3. The summed E-state index contributed by atoms with van der Waals surface area (Å²) in [5, 5.41) is 26.1. The topological polar surface area (TPSA) is 112 Å². The molecule has 4 N–H and O–H groups in total. The zero-order valence-electron chi connectivity index (χ0n) is 11.2. The van der Waals surface area contributed by atoms with Crippen molar-refractivity contribution in [2.45, 2.75) is 6.10 Å². The molecule has 0 radical (unpaired) electrons. The van der Waals surface area contributed by atoms with Crippen molar-refractivity contribution < 1.29 is 46.0 Å². The van der Waals surface area contributed by atoms with Gasteiger partial charge in [0.2, 0.25) is 0 Å². The van der Waals surface area contributed by atoms with Gasteiger partial charge in [0.1, 0.15) is 11.4 Å². The molecule has 2 amide bonds. The predicted molar refractivity (Wildman–Crippen MR) is 61.5 cm³/mol. The molecule has 7 nitrogen and oxygen atoms in total. The third-order valence-electron chi connectivity index (χ3n) is 2.60. The number of aromatic hydroxyl groups is 1. The van der Waals surface area contributed by atoms with E-state index in [-0.39, 0.29) is 42.4 Å². The van der Waals surface area contributed by atoms with E-state index in [0.717, 1.165) is 5.69 Å². The van der Waals surface area contributed by atoms with Crippen molar-refractivity contribution in [2.75, 3.05) is 18.5 Å². The van der Waals surface area contributed by atoms with Crippen LogP contribution in [0.4, 0.5) is 16.2 Å². The third-order valence-corrected chi connectivity index (χ3v) is 2.60. The number of urea groups is 1. The van der Waals surface area contributed by atoms with Gasteiger partial charge >= 0.3 is 35.6 Å². The molecule has 92 valence electrons. The molecule has 1 unspecified atom stereocenters. The fraction of sp³-hybridized carbons (Fsp3) is 0.300. The van der Waals surface area contributed by atoms with E-state index in [1.165, 1.54) is 12.1 Å². The number of rotatable bonds is 1. The van der Waals surface area contributed by atoms with E-state index in [9.17, 15) is 15.0 Å². The Balaban J connectivity index is 0.00000162. The first-order chi connectivity index (χ1) is 7.99. The summed E-state index contributed by atoms with van der Waals surface area (Å²) in [5.74, 6) is -0.116. The Bertz CT molecular complexity index is 512. The van der Waals surface area contributed by atoms with Crippen molar-refractivity contribution in [1.29, 1.82) is 0 Å². The first-order valence-corrected chi connectivity index (χ1v) is 4.96. The van der Waals surface area contributed by atoms with Crippen LogP contribution < -0.4 is 40.2 Å². The molecule has 1 aliphatic heterocycles. The monoisotopic (exact) mass is 260 g/mol. The maximum Gasteiger partial charge on any atom is 1.00 e. The second-order valence-electron chi connectivity index (χ2n) is 3.83. The van der Waals surface area contributed by atoms with Crippen molar-refractivity contribution in [2.24, 2.45) is 16.0 Å². The number of carbonyl (C=O) groups is 1. The van der Waals surface area contributed by atoms with Gasteiger partial charge in [0.15, 0.2) is 0 Å². The molecule has 2 rings (SSSR count). The van der Waals surface area contributed by atoms with Gasteiger partial charge in [-0.1, -0.05) is 5.11 Å². The van der Waals surface area contributed by atoms with Crippen LogP contribution in [-0.2, 0) is 0 Å². The number of hydrogen-bond acceptors (Lipinski definition) is 5. The van der Waals surface area contributed by atoms with Gasteiger partial charge in [-0.2, -0.15) is 0 Å². The van der Waals surface area contributed by atoms with Gasteiger partial charge in [-0.15, -0.1) is 5.11 Å². The van der Waals surface area contributed by atoms with Crippen molar-refractivity contribution >= 4 is 17.4 Å². The Morgan fingerprint density at radius 3 is 2.89 bits per heavy atom. The van der Waals surface area contributed by atoms with Crippen LogP contribution in [-0.4, -0.2) is 29.8 Å². The van der Waals surface area contributed by atoms with Gasteiger partial charge in [-0.3, -0.25) is 0 Å².